The van der Waals surface area contributed by atoms with Gasteiger partial charge in [0.2, 0.25) is 5.91 Å². The molecule has 1 heterocycles. The second-order valence-corrected chi connectivity index (χ2v) is 8.56. The molecular formula is C23H24Cl2F3N5O4. The summed E-state index contributed by atoms with van der Waals surface area (Å²) in [6, 6.07) is 10.7. The number of carboxylic acids is 1. The third kappa shape index (κ3) is 9.32. The molecule has 0 aliphatic rings. The van der Waals surface area contributed by atoms with Gasteiger partial charge in [-0.15, -0.1) is 0 Å². The minimum Gasteiger partial charge on any atom is -0.475 e. The molecule has 1 amide bonds. The maximum absolute atomic E-state index is 12.6. The van der Waals surface area contributed by atoms with Crippen LogP contribution in [0.3, 0.4) is 0 Å². The van der Waals surface area contributed by atoms with E-state index in [9.17, 15) is 23.1 Å². The Morgan fingerprint density at radius 2 is 1.78 bits per heavy atom. The van der Waals surface area contributed by atoms with Gasteiger partial charge in [0.15, 0.2) is 5.82 Å². The highest BCUT2D eigenvalue weighted by Gasteiger charge is 2.38. The van der Waals surface area contributed by atoms with E-state index in [-0.39, 0.29) is 25.1 Å². The fourth-order valence-corrected chi connectivity index (χ4v) is 3.33. The van der Waals surface area contributed by atoms with Crippen molar-refractivity contribution in [2.24, 2.45) is 0 Å². The molecule has 0 aliphatic heterocycles. The molecule has 0 fully saturated rings. The van der Waals surface area contributed by atoms with E-state index in [1.807, 2.05) is 38.1 Å². The highest BCUT2D eigenvalue weighted by molar-refractivity contribution is 6.42. The first-order valence-corrected chi connectivity index (χ1v) is 11.5. The van der Waals surface area contributed by atoms with Crippen molar-refractivity contribution < 1.29 is 33.0 Å². The molecule has 14 heteroatoms. The number of rotatable bonds is 8. The Hall–Kier alpha value is -3.19. The van der Waals surface area contributed by atoms with Crippen molar-refractivity contribution in [3.8, 4) is 11.4 Å². The molecule has 0 spiro atoms. The van der Waals surface area contributed by atoms with Gasteiger partial charge in [0.1, 0.15) is 5.82 Å². The van der Waals surface area contributed by atoms with Crippen molar-refractivity contribution in [1.29, 1.82) is 0 Å². The summed E-state index contributed by atoms with van der Waals surface area (Å²) >= 11 is 12.1. The van der Waals surface area contributed by atoms with Crippen molar-refractivity contribution in [1.82, 2.24) is 20.5 Å². The van der Waals surface area contributed by atoms with Crippen LogP contribution >= 0.6 is 23.2 Å². The Bertz CT molecular complexity index is 1240. The molecule has 0 aliphatic carbocycles. The number of H-pyrrole nitrogens is 1. The van der Waals surface area contributed by atoms with Crippen LogP contribution in [0, 0.1) is 13.8 Å². The van der Waals surface area contributed by atoms with Gasteiger partial charge < -0.3 is 20.8 Å². The fourth-order valence-electron chi connectivity index (χ4n) is 3.02. The topological polar surface area (TPSA) is 140 Å². The molecule has 3 rings (SSSR count). The molecule has 1 atom stereocenters. The molecule has 5 N–H and O–H groups in total. The first-order valence-electron chi connectivity index (χ1n) is 10.7. The second-order valence-electron chi connectivity index (χ2n) is 7.74. The summed E-state index contributed by atoms with van der Waals surface area (Å²) in [7, 11) is 0. The number of carboxylic acid groups (broad SMARTS) is 1. The summed E-state index contributed by atoms with van der Waals surface area (Å²) < 4.78 is 31.7. The molecule has 1 aromatic heterocycles. The average molecular weight is 562 g/mol. The van der Waals surface area contributed by atoms with Gasteiger partial charge in [0.25, 0.3) is 0 Å². The number of nitrogens with zero attached hydrogens (tertiary/aromatic N) is 2. The predicted molar refractivity (Wildman–Crippen MR) is 133 cm³/mol. The lowest BCUT2D eigenvalue weighted by molar-refractivity contribution is -0.192. The fraction of sp³-hybridized carbons (Fsp3) is 0.304. The molecule has 1 unspecified atom stereocenters. The maximum Gasteiger partial charge on any atom is 0.490 e. The van der Waals surface area contributed by atoms with E-state index in [1.165, 1.54) is 0 Å². The third-order valence-electron chi connectivity index (χ3n) is 4.88. The molecular weight excluding hydrogens is 538 g/mol. The van der Waals surface area contributed by atoms with Gasteiger partial charge in [0, 0.05) is 23.9 Å². The number of hydrogen-bond acceptors (Lipinski definition) is 6. The number of benzene rings is 2. The molecule has 200 valence electrons. The summed E-state index contributed by atoms with van der Waals surface area (Å²) in [5.41, 5.74) is 3.28. The van der Waals surface area contributed by atoms with E-state index in [0.29, 0.717) is 28.0 Å². The van der Waals surface area contributed by atoms with E-state index < -0.39 is 12.1 Å². The maximum atomic E-state index is 12.6. The van der Waals surface area contributed by atoms with Crippen molar-refractivity contribution in [3.63, 3.8) is 0 Å². The third-order valence-corrected chi connectivity index (χ3v) is 5.62. The summed E-state index contributed by atoms with van der Waals surface area (Å²) in [5, 5.41) is 30.5. The summed E-state index contributed by atoms with van der Waals surface area (Å²) in [6.45, 7) is 3.78. The average Bonchev–Trinajstić information content (AvgIpc) is 3.26. The Balaban J connectivity index is 0.000000604. The molecule has 9 nitrogen and oxygen atoms in total. The highest BCUT2D eigenvalue weighted by Crippen LogP contribution is 2.27. The van der Waals surface area contributed by atoms with Crippen LogP contribution < -0.4 is 10.6 Å². The molecule has 0 bridgehead atoms. The van der Waals surface area contributed by atoms with Gasteiger partial charge >= 0.3 is 12.1 Å². The van der Waals surface area contributed by atoms with Gasteiger partial charge in [-0.1, -0.05) is 41.4 Å². The van der Waals surface area contributed by atoms with Crippen molar-refractivity contribution >= 4 is 40.8 Å². The van der Waals surface area contributed by atoms with Crippen molar-refractivity contribution in [3.05, 3.63) is 63.4 Å². The largest absolute Gasteiger partial charge is 0.490 e. The van der Waals surface area contributed by atoms with Gasteiger partial charge in [-0.3, -0.25) is 9.89 Å². The van der Waals surface area contributed by atoms with Crippen LogP contribution in [0.25, 0.3) is 11.4 Å². The van der Waals surface area contributed by atoms with Gasteiger partial charge in [0.05, 0.1) is 16.6 Å². The Morgan fingerprint density at radius 3 is 2.32 bits per heavy atom. The van der Waals surface area contributed by atoms with Gasteiger partial charge in [-0.2, -0.15) is 18.3 Å². The van der Waals surface area contributed by atoms with E-state index in [2.05, 4.69) is 25.8 Å². The number of nitrogens with one attached hydrogen (secondary N) is 3. The number of carbonyl (C=O) groups excluding carboxylic acids is 1. The first kappa shape index (κ1) is 30.0. The van der Waals surface area contributed by atoms with Gasteiger partial charge in [-0.05, 0) is 49.6 Å². The number of halogens is 5. The highest BCUT2D eigenvalue weighted by atomic mass is 35.5. The van der Waals surface area contributed by atoms with Gasteiger partial charge in [-0.25, -0.2) is 9.78 Å². The zero-order chi connectivity index (χ0) is 27.8. The Morgan fingerprint density at radius 1 is 1.11 bits per heavy atom. The summed E-state index contributed by atoms with van der Waals surface area (Å²) in [4.78, 5) is 25.8. The number of aromatic amines is 1. The lowest BCUT2D eigenvalue weighted by Crippen LogP contribution is -2.32. The van der Waals surface area contributed by atoms with Crippen molar-refractivity contribution in [2.75, 3.05) is 18.5 Å². The Kier molecular flexibility index (Phi) is 10.9. The number of aryl methyl sites for hydroxylation is 2. The summed E-state index contributed by atoms with van der Waals surface area (Å²) in [6.07, 6.45) is -4.65. The molecule has 3 aromatic rings. The molecule has 37 heavy (non-hydrogen) atoms. The number of aromatic nitrogens is 3. The van der Waals surface area contributed by atoms with E-state index >= 15 is 0 Å². The number of carbonyl (C=O) groups is 2. The zero-order valence-electron chi connectivity index (χ0n) is 19.7. The number of alkyl halides is 3. The van der Waals surface area contributed by atoms with Crippen LogP contribution in [0.1, 0.15) is 29.4 Å². The molecule has 0 saturated carbocycles. The van der Waals surface area contributed by atoms with Crippen LogP contribution in [-0.4, -0.2) is 56.6 Å². The minimum absolute atomic E-state index is 0.0310. The first-order chi connectivity index (χ1) is 17.3. The standard InChI is InChI=1S/C21H23Cl2N5O2.C2HF3O2/c1-12-3-4-15(21-25-13(2)27-28-21)10-19(12)26-20(30)11-24-18(7-8-29)14-5-6-16(22)17(23)9-14;3-2(4,5)1(6)7/h3-6,9-10,18,24,29H,7-8,11H2,1-2H3,(H,26,30)(H,25,27,28);(H,6,7). The van der Waals surface area contributed by atoms with E-state index in [0.717, 1.165) is 22.5 Å². The van der Waals surface area contributed by atoms with Crippen LogP contribution in [0.15, 0.2) is 36.4 Å². The minimum atomic E-state index is -5.08. The van der Waals surface area contributed by atoms with Crippen LogP contribution in [0.4, 0.5) is 18.9 Å². The van der Waals surface area contributed by atoms with Crippen LogP contribution in [0.2, 0.25) is 10.0 Å². The SMILES string of the molecule is Cc1nc(-c2ccc(C)c(NC(=O)CNC(CCO)c3ccc(Cl)c(Cl)c3)c2)n[nH]1.O=C(O)C(F)(F)F. The molecule has 2 aromatic carbocycles. The number of aliphatic hydroxyl groups excluding tert-OH is 1. The molecule has 0 saturated heterocycles. The second kappa shape index (κ2) is 13.4. The number of aliphatic carboxylic acids is 1. The monoisotopic (exact) mass is 561 g/mol. The van der Waals surface area contributed by atoms with Crippen molar-refractivity contribution in [2.45, 2.75) is 32.5 Å². The number of aliphatic hydroxyl groups is 1. The van der Waals surface area contributed by atoms with Crippen LogP contribution in [-0.2, 0) is 9.59 Å². The lowest BCUT2D eigenvalue weighted by atomic mass is 10.0. The quantitative estimate of drug-likeness (QED) is 0.269. The zero-order valence-corrected chi connectivity index (χ0v) is 21.2. The summed E-state index contributed by atoms with van der Waals surface area (Å²) in [5.74, 6) is -1.67. The van der Waals surface area contributed by atoms with E-state index in [1.54, 1.807) is 12.1 Å². The Labute approximate surface area is 220 Å². The molecule has 0 radical (unpaired) electrons. The van der Waals surface area contributed by atoms with Crippen LogP contribution in [0.5, 0.6) is 0 Å². The number of amides is 1. The lowest BCUT2D eigenvalue weighted by Gasteiger charge is -2.19. The van der Waals surface area contributed by atoms with E-state index in [4.69, 9.17) is 33.1 Å². The normalized spacial score (nSPS) is 11.9. The number of anilines is 1. The predicted octanol–water partition coefficient (Wildman–Crippen LogP) is 4.68. The smallest absolute Gasteiger partial charge is 0.475 e. The number of hydrogen-bond donors (Lipinski definition) is 5.